The van der Waals surface area contributed by atoms with Crippen LogP contribution in [0.1, 0.15) is 36.0 Å². The number of carbonyl (C=O) groups is 2. The Labute approximate surface area is 154 Å². The molecule has 1 aromatic rings. The average molecular weight is 364 g/mol. The molecule has 0 aromatic heterocycles. The van der Waals surface area contributed by atoms with Crippen LogP contribution >= 0.6 is 11.6 Å². The van der Waals surface area contributed by atoms with Gasteiger partial charge >= 0.3 is 0 Å². The Balaban J connectivity index is 1.62. The van der Waals surface area contributed by atoms with Crippen molar-refractivity contribution >= 4 is 23.4 Å². The van der Waals surface area contributed by atoms with Crippen LogP contribution in [0.2, 0.25) is 5.02 Å². The highest BCUT2D eigenvalue weighted by molar-refractivity contribution is 6.30. The molecule has 3 rings (SSSR count). The fraction of sp³-hybridized carbons (Fsp3) is 0.579. The average Bonchev–Trinajstić information content (AvgIpc) is 3.16. The van der Waals surface area contributed by atoms with Crippen LogP contribution in [0.4, 0.5) is 0 Å². The Hall–Kier alpha value is -1.59. The smallest absolute Gasteiger partial charge is 0.253 e. The van der Waals surface area contributed by atoms with Gasteiger partial charge in [0.15, 0.2) is 0 Å². The normalized spacial score (nSPS) is 20.5. The van der Waals surface area contributed by atoms with E-state index in [9.17, 15) is 9.59 Å². The molecule has 0 spiro atoms. The predicted octanol–water partition coefficient (Wildman–Crippen LogP) is 2.40. The monoisotopic (exact) mass is 363 g/mol. The standard InChI is InChI=1S/C19H26ClN3O2/c1-21-18(24)17(14-4-2-3-5-14)22-10-12-23(13-11-22)19(25)15-6-8-16(20)9-7-15/h6-9,14,17H,2-5,10-13H2,1H3,(H,21,24)/t17-/m0/s1. The molecule has 136 valence electrons. The van der Waals surface area contributed by atoms with E-state index in [1.807, 2.05) is 4.90 Å². The summed E-state index contributed by atoms with van der Waals surface area (Å²) < 4.78 is 0. The highest BCUT2D eigenvalue weighted by Crippen LogP contribution is 2.31. The Kier molecular flexibility index (Phi) is 5.97. The molecule has 0 radical (unpaired) electrons. The molecule has 2 fully saturated rings. The molecule has 2 amide bonds. The molecule has 1 atom stereocenters. The van der Waals surface area contributed by atoms with E-state index in [2.05, 4.69) is 10.2 Å². The Morgan fingerprint density at radius 1 is 1.08 bits per heavy atom. The van der Waals surface area contributed by atoms with Crippen LogP contribution in [-0.4, -0.2) is 60.9 Å². The van der Waals surface area contributed by atoms with Crippen LogP contribution in [0.3, 0.4) is 0 Å². The molecule has 1 aromatic carbocycles. The minimum atomic E-state index is -0.0553. The number of hydrogen-bond donors (Lipinski definition) is 1. The number of nitrogens with zero attached hydrogens (tertiary/aromatic N) is 2. The summed E-state index contributed by atoms with van der Waals surface area (Å²) in [6.07, 6.45) is 4.68. The summed E-state index contributed by atoms with van der Waals surface area (Å²) in [7, 11) is 1.71. The summed E-state index contributed by atoms with van der Waals surface area (Å²) >= 11 is 5.89. The quantitative estimate of drug-likeness (QED) is 0.893. The molecule has 0 unspecified atom stereocenters. The summed E-state index contributed by atoms with van der Waals surface area (Å²) in [4.78, 5) is 29.2. The van der Waals surface area contributed by atoms with E-state index >= 15 is 0 Å². The maximum atomic E-state index is 12.6. The molecule has 1 saturated carbocycles. The maximum Gasteiger partial charge on any atom is 0.253 e. The van der Waals surface area contributed by atoms with Crippen LogP contribution in [0, 0.1) is 5.92 Å². The molecular formula is C19H26ClN3O2. The third kappa shape index (κ3) is 4.15. The fourth-order valence-corrected chi connectivity index (χ4v) is 4.20. The van der Waals surface area contributed by atoms with Crippen LogP contribution in [0.5, 0.6) is 0 Å². The second-order valence-electron chi connectivity index (χ2n) is 6.94. The van der Waals surface area contributed by atoms with Gasteiger partial charge in [0.1, 0.15) is 0 Å². The van der Waals surface area contributed by atoms with Gasteiger partial charge in [0.2, 0.25) is 5.91 Å². The summed E-state index contributed by atoms with van der Waals surface area (Å²) in [5, 5.41) is 3.46. The minimum absolute atomic E-state index is 0.0358. The van der Waals surface area contributed by atoms with E-state index < -0.39 is 0 Å². The molecule has 1 aliphatic carbocycles. The predicted molar refractivity (Wildman–Crippen MR) is 98.7 cm³/mol. The van der Waals surface area contributed by atoms with Gasteiger partial charge in [-0.3, -0.25) is 14.5 Å². The Morgan fingerprint density at radius 2 is 1.68 bits per heavy atom. The van der Waals surface area contributed by atoms with Gasteiger partial charge in [-0.2, -0.15) is 0 Å². The van der Waals surface area contributed by atoms with Crippen molar-refractivity contribution in [3.05, 3.63) is 34.9 Å². The second kappa shape index (κ2) is 8.19. The van der Waals surface area contributed by atoms with Gasteiger partial charge in [0.05, 0.1) is 6.04 Å². The lowest BCUT2D eigenvalue weighted by molar-refractivity contribution is -0.128. The molecule has 1 N–H and O–H groups in total. The lowest BCUT2D eigenvalue weighted by atomic mass is 9.95. The molecular weight excluding hydrogens is 338 g/mol. The van der Waals surface area contributed by atoms with Crippen LogP contribution < -0.4 is 5.32 Å². The van der Waals surface area contributed by atoms with E-state index in [1.54, 1.807) is 31.3 Å². The first-order valence-electron chi connectivity index (χ1n) is 9.10. The van der Waals surface area contributed by atoms with Crippen LogP contribution in [0.15, 0.2) is 24.3 Å². The summed E-state index contributed by atoms with van der Waals surface area (Å²) in [6, 6.07) is 6.96. The van der Waals surface area contributed by atoms with Gasteiger partial charge in [-0.15, -0.1) is 0 Å². The zero-order valence-electron chi connectivity index (χ0n) is 14.7. The topological polar surface area (TPSA) is 52.7 Å². The molecule has 0 bridgehead atoms. The van der Waals surface area contributed by atoms with E-state index in [0.717, 1.165) is 25.9 Å². The first-order chi connectivity index (χ1) is 12.1. The van der Waals surface area contributed by atoms with Gasteiger partial charge in [-0.1, -0.05) is 24.4 Å². The van der Waals surface area contributed by atoms with Crippen LogP contribution in [0.25, 0.3) is 0 Å². The van der Waals surface area contributed by atoms with Crippen molar-refractivity contribution in [1.82, 2.24) is 15.1 Å². The number of halogens is 1. The van der Waals surface area contributed by atoms with Gasteiger partial charge in [-0.05, 0) is 43.0 Å². The van der Waals surface area contributed by atoms with E-state index in [0.29, 0.717) is 29.6 Å². The molecule has 6 heteroatoms. The van der Waals surface area contributed by atoms with Gasteiger partial charge in [0, 0.05) is 43.8 Å². The van der Waals surface area contributed by atoms with Crippen molar-refractivity contribution in [2.24, 2.45) is 5.92 Å². The minimum Gasteiger partial charge on any atom is -0.358 e. The molecule has 25 heavy (non-hydrogen) atoms. The van der Waals surface area contributed by atoms with Crippen molar-refractivity contribution in [1.29, 1.82) is 0 Å². The number of hydrogen-bond acceptors (Lipinski definition) is 3. The number of piperazine rings is 1. The number of carbonyl (C=O) groups excluding carboxylic acids is 2. The number of amides is 2. The highest BCUT2D eigenvalue weighted by Gasteiger charge is 2.36. The Bertz CT molecular complexity index is 606. The lowest BCUT2D eigenvalue weighted by Gasteiger charge is -2.40. The third-order valence-electron chi connectivity index (χ3n) is 5.45. The summed E-state index contributed by atoms with van der Waals surface area (Å²) in [5.41, 5.74) is 0.663. The molecule has 5 nitrogen and oxygen atoms in total. The number of likely N-dealkylation sites (N-methyl/N-ethyl adjacent to an activating group) is 1. The SMILES string of the molecule is CNC(=O)[C@H](C1CCCC1)N1CCN(C(=O)c2ccc(Cl)cc2)CC1. The molecule has 1 heterocycles. The third-order valence-corrected chi connectivity index (χ3v) is 5.70. The number of rotatable bonds is 4. The molecule has 1 aliphatic heterocycles. The van der Waals surface area contributed by atoms with Crippen molar-refractivity contribution in [2.75, 3.05) is 33.2 Å². The highest BCUT2D eigenvalue weighted by atomic mass is 35.5. The largest absolute Gasteiger partial charge is 0.358 e. The molecule has 2 aliphatic rings. The van der Waals surface area contributed by atoms with Crippen molar-refractivity contribution < 1.29 is 9.59 Å². The van der Waals surface area contributed by atoms with Crippen molar-refractivity contribution in [3.8, 4) is 0 Å². The first kappa shape index (κ1) is 18.2. The van der Waals surface area contributed by atoms with Crippen LogP contribution in [-0.2, 0) is 4.79 Å². The van der Waals surface area contributed by atoms with Gasteiger partial charge in [0.25, 0.3) is 5.91 Å². The van der Waals surface area contributed by atoms with E-state index in [4.69, 9.17) is 11.6 Å². The van der Waals surface area contributed by atoms with Crippen molar-refractivity contribution in [2.45, 2.75) is 31.7 Å². The summed E-state index contributed by atoms with van der Waals surface area (Å²) in [5.74, 6) is 0.594. The van der Waals surface area contributed by atoms with Crippen molar-refractivity contribution in [3.63, 3.8) is 0 Å². The number of benzene rings is 1. The van der Waals surface area contributed by atoms with Gasteiger partial charge < -0.3 is 10.2 Å². The summed E-state index contributed by atoms with van der Waals surface area (Å²) in [6.45, 7) is 2.80. The fourth-order valence-electron chi connectivity index (χ4n) is 4.08. The number of nitrogens with one attached hydrogen (secondary N) is 1. The first-order valence-corrected chi connectivity index (χ1v) is 9.48. The maximum absolute atomic E-state index is 12.6. The van der Waals surface area contributed by atoms with Gasteiger partial charge in [-0.25, -0.2) is 0 Å². The lowest BCUT2D eigenvalue weighted by Crippen LogP contribution is -2.57. The molecule has 1 saturated heterocycles. The second-order valence-corrected chi connectivity index (χ2v) is 7.38. The van der Waals surface area contributed by atoms with E-state index in [1.165, 1.54) is 12.8 Å². The zero-order chi connectivity index (χ0) is 17.8. The Morgan fingerprint density at radius 3 is 2.24 bits per heavy atom. The zero-order valence-corrected chi connectivity index (χ0v) is 15.5. The van der Waals surface area contributed by atoms with E-state index in [-0.39, 0.29) is 17.9 Å².